The minimum Gasteiger partial charge on any atom is -0.445 e. The summed E-state index contributed by atoms with van der Waals surface area (Å²) in [6.07, 6.45) is 2.82. The standard InChI is InChI=1S/C19H28N2O5S/c1-20(12-13-22)27(24,25)15-19-9-5-8-17(19)21(11-10-19)18(23)26-14-16-6-3-2-4-7-16/h2-4,6-7,17,22H,5,8-15H2,1H3/t17-,19-/m1/s1. The summed E-state index contributed by atoms with van der Waals surface area (Å²) in [6.45, 7) is 0.626. The molecule has 2 atom stereocenters. The Morgan fingerprint density at radius 3 is 2.78 bits per heavy atom. The number of likely N-dealkylation sites (tertiary alicyclic amines) is 1. The van der Waals surface area contributed by atoms with Crippen molar-refractivity contribution in [1.82, 2.24) is 9.21 Å². The third kappa shape index (κ3) is 4.28. The summed E-state index contributed by atoms with van der Waals surface area (Å²) in [4.78, 5) is 14.3. The van der Waals surface area contributed by atoms with Gasteiger partial charge in [0.2, 0.25) is 10.0 Å². The van der Waals surface area contributed by atoms with E-state index in [0.29, 0.717) is 13.0 Å². The van der Waals surface area contributed by atoms with Gasteiger partial charge in [-0.25, -0.2) is 17.5 Å². The monoisotopic (exact) mass is 396 g/mol. The van der Waals surface area contributed by atoms with E-state index >= 15 is 0 Å². The minimum atomic E-state index is -3.48. The number of carbonyl (C=O) groups excluding carboxylic acids is 1. The van der Waals surface area contributed by atoms with E-state index in [1.54, 1.807) is 4.90 Å². The summed E-state index contributed by atoms with van der Waals surface area (Å²) in [5.41, 5.74) is 0.518. The molecule has 2 fully saturated rings. The number of ether oxygens (including phenoxy) is 1. The van der Waals surface area contributed by atoms with Gasteiger partial charge in [-0.05, 0) is 24.8 Å². The first-order valence-corrected chi connectivity index (χ1v) is 11.0. The van der Waals surface area contributed by atoms with Gasteiger partial charge >= 0.3 is 6.09 Å². The second-order valence-electron chi connectivity index (χ2n) is 7.56. The lowest BCUT2D eigenvalue weighted by molar-refractivity contribution is 0.0852. The average Bonchev–Trinajstić information content (AvgIpc) is 3.18. The van der Waals surface area contributed by atoms with Gasteiger partial charge in [-0.3, -0.25) is 0 Å². The van der Waals surface area contributed by atoms with Crippen molar-refractivity contribution in [2.45, 2.75) is 38.3 Å². The molecule has 1 heterocycles. The first-order valence-electron chi connectivity index (χ1n) is 9.40. The lowest BCUT2D eigenvalue weighted by Gasteiger charge is -2.33. The van der Waals surface area contributed by atoms with Crippen LogP contribution in [0.5, 0.6) is 0 Å². The molecule has 1 saturated heterocycles. The number of benzene rings is 1. The molecule has 2 aliphatic rings. The van der Waals surface area contributed by atoms with Gasteiger partial charge in [0.25, 0.3) is 0 Å². The fourth-order valence-corrected chi connectivity index (χ4v) is 6.20. The van der Waals surface area contributed by atoms with Crippen LogP contribution in [0.1, 0.15) is 31.2 Å². The summed E-state index contributed by atoms with van der Waals surface area (Å²) >= 11 is 0. The Bertz CT molecular complexity index is 755. The zero-order valence-electron chi connectivity index (χ0n) is 15.7. The third-order valence-electron chi connectivity index (χ3n) is 5.89. The molecule has 0 radical (unpaired) electrons. The van der Waals surface area contributed by atoms with Crippen LogP contribution in [-0.4, -0.2) is 67.4 Å². The first-order chi connectivity index (χ1) is 12.9. The highest BCUT2D eigenvalue weighted by atomic mass is 32.2. The molecule has 1 saturated carbocycles. The van der Waals surface area contributed by atoms with Gasteiger partial charge in [0.1, 0.15) is 6.61 Å². The number of likely N-dealkylation sites (N-methyl/N-ethyl adjacent to an activating group) is 1. The van der Waals surface area contributed by atoms with E-state index in [1.165, 1.54) is 11.4 Å². The molecular weight excluding hydrogens is 368 g/mol. The fourth-order valence-electron chi connectivity index (χ4n) is 4.41. The number of aliphatic hydroxyl groups excluding tert-OH is 1. The average molecular weight is 397 g/mol. The lowest BCUT2D eigenvalue weighted by Crippen LogP contribution is -2.45. The van der Waals surface area contributed by atoms with Crippen molar-refractivity contribution in [2.24, 2.45) is 5.41 Å². The summed E-state index contributed by atoms with van der Waals surface area (Å²) < 4.78 is 32.1. The molecule has 8 heteroatoms. The number of sulfonamides is 1. The maximum absolute atomic E-state index is 12.7. The van der Waals surface area contributed by atoms with Crippen LogP contribution < -0.4 is 0 Å². The van der Waals surface area contributed by atoms with Gasteiger partial charge in [0.05, 0.1) is 12.4 Å². The van der Waals surface area contributed by atoms with Crippen molar-refractivity contribution in [3.8, 4) is 0 Å². The second kappa shape index (κ2) is 8.16. The van der Waals surface area contributed by atoms with Crippen LogP contribution in [0.25, 0.3) is 0 Å². The zero-order valence-corrected chi connectivity index (χ0v) is 16.5. The van der Waals surface area contributed by atoms with E-state index in [-0.39, 0.29) is 37.6 Å². The Labute approximate surface area is 161 Å². The molecule has 27 heavy (non-hydrogen) atoms. The zero-order chi connectivity index (χ0) is 19.5. The summed E-state index contributed by atoms with van der Waals surface area (Å²) in [5.74, 6) is 0.0175. The topological polar surface area (TPSA) is 87.2 Å². The lowest BCUT2D eigenvalue weighted by atomic mass is 9.84. The number of nitrogens with zero attached hydrogens (tertiary/aromatic N) is 2. The number of hydrogen-bond donors (Lipinski definition) is 1. The van der Waals surface area contributed by atoms with Gasteiger partial charge in [0, 0.05) is 31.6 Å². The van der Waals surface area contributed by atoms with Crippen molar-refractivity contribution < 1.29 is 23.1 Å². The van der Waals surface area contributed by atoms with Crippen LogP contribution in [0.15, 0.2) is 30.3 Å². The number of hydrogen-bond acceptors (Lipinski definition) is 5. The molecule has 0 spiro atoms. The Morgan fingerprint density at radius 2 is 2.07 bits per heavy atom. The van der Waals surface area contributed by atoms with Gasteiger partial charge in [-0.2, -0.15) is 0 Å². The second-order valence-corrected chi connectivity index (χ2v) is 9.63. The van der Waals surface area contributed by atoms with Crippen LogP contribution in [-0.2, 0) is 21.4 Å². The molecule has 1 amide bonds. The first kappa shape index (κ1) is 20.1. The van der Waals surface area contributed by atoms with Gasteiger partial charge in [-0.1, -0.05) is 36.8 Å². The minimum absolute atomic E-state index is 0.0175. The van der Waals surface area contributed by atoms with Crippen molar-refractivity contribution in [1.29, 1.82) is 0 Å². The third-order valence-corrected chi connectivity index (χ3v) is 7.96. The summed E-state index contributed by atoms with van der Waals surface area (Å²) in [5, 5.41) is 9.04. The quantitative estimate of drug-likeness (QED) is 0.760. The molecule has 150 valence electrons. The molecule has 3 rings (SSSR count). The van der Waals surface area contributed by atoms with Crippen LogP contribution >= 0.6 is 0 Å². The molecule has 1 aliphatic carbocycles. The number of amides is 1. The molecule has 1 N–H and O–H groups in total. The van der Waals surface area contributed by atoms with Crippen LogP contribution in [0, 0.1) is 5.41 Å². The molecule has 0 bridgehead atoms. The molecule has 7 nitrogen and oxygen atoms in total. The van der Waals surface area contributed by atoms with Gasteiger partial charge < -0.3 is 14.7 Å². The molecule has 1 aliphatic heterocycles. The van der Waals surface area contributed by atoms with Gasteiger partial charge in [-0.15, -0.1) is 0 Å². The largest absolute Gasteiger partial charge is 0.445 e. The maximum Gasteiger partial charge on any atom is 0.410 e. The molecule has 0 aromatic heterocycles. The van der Waals surface area contributed by atoms with Crippen LogP contribution in [0.4, 0.5) is 4.79 Å². The van der Waals surface area contributed by atoms with Crippen LogP contribution in [0.3, 0.4) is 0 Å². The SMILES string of the molecule is CN(CCO)S(=O)(=O)C[C@]12CCC[C@H]1N(C(=O)OCc1ccccc1)CC2. The molecule has 0 unspecified atom stereocenters. The Morgan fingerprint density at radius 1 is 1.33 bits per heavy atom. The predicted molar refractivity (Wildman–Crippen MR) is 102 cm³/mol. The molecular formula is C19H28N2O5S. The number of fused-ring (bicyclic) bond motifs is 1. The highest BCUT2D eigenvalue weighted by Crippen LogP contribution is 2.50. The smallest absolute Gasteiger partial charge is 0.410 e. The molecule has 1 aromatic rings. The highest BCUT2D eigenvalue weighted by molar-refractivity contribution is 7.89. The number of carbonyl (C=O) groups is 1. The fraction of sp³-hybridized carbons (Fsp3) is 0.632. The summed E-state index contributed by atoms with van der Waals surface area (Å²) in [6, 6.07) is 9.41. The Balaban J connectivity index is 1.66. The Kier molecular flexibility index (Phi) is 6.08. The van der Waals surface area contributed by atoms with E-state index < -0.39 is 15.4 Å². The van der Waals surface area contributed by atoms with Gasteiger partial charge in [0.15, 0.2) is 0 Å². The van der Waals surface area contributed by atoms with E-state index in [9.17, 15) is 13.2 Å². The number of aliphatic hydroxyl groups is 1. The highest BCUT2D eigenvalue weighted by Gasteiger charge is 2.54. The van der Waals surface area contributed by atoms with E-state index in [0.717, 1.165) is 24.8 Å². The number of rotatable bonds is 7. The Hall–Kier alpha value is -1.64. The van der Waals surface area contributed by atoms with Crippen molar-refractivity contribution in [3.63, 3.8) is 0 Å². The van der Waals surface area contributed by atoms with Crippen molar-refractivity contribution >= 4 is 16.1 Å². The van der Waals surface area contributed by atoms with E-state index in [2.05, 4.69) is 0 Å². The van der Waals surface area contributed by atoms with E-state index in [4.69, 9.17) is 9.84 Å². The van der Waals surface area contributed by atoms with Crippen LogP contribution in [0.2, 0.25) is 0 Å². The summed E-state index contributed by atoms with van der Waals surface area (Å²) in [7, 11) is -1.99. The van der Waals surface area contributed by atoms with E-state index in [1.807, 2.05) is 30.3 Å². The van der Waals surface area contributed by atoms with Crippen molar-refractivity contribution in [2.75, 3.05) is 32.5 Å². The molecule has 1 aromatic carbocycles. The predicted octanol–water partition coefficient (Wildman–Crippen LogP) is 1.82. The van der Waals surface area contributed by atoms with Crippen molar-refractivity contribution in [3.05, 3.63) is 35.9 Å². The maximum atomic E-state index is 12.7. The normalized spacial score (nSPS) is 25.0.